The fourth-order valence-electron chi connectivity index (χ4n) is 1.79. The maximum Gasteiger partial charge on any atom is 0.143 e. The van der Waals surface area contributed by atoms with Crippen LogP contribution in [-0.4, -0.2) is 11.4 Å². The van der Waals surface area contributed by atoms with Gasteiger partial charge in [0.25, 0.3) is 0 Å². The first-order valence-corrected chi connectivity index (χ1v) is 6.69. The predicted molar refractivity (Wildman–Crippen MR) is 80.4 cm³/mol. The van der Waals surface area contributed by atoms with Crippen LogP contribution in [0.1, 0.15) is 11.1 Å². The lowest BCUT2D eigenvalue weighted by Crippen LogP contribution is -1.90. The highest BCUT2D eigenvalue weighted by Crippen LogP contribution is 2.33. The third-order valence-corrected chi connectivity index (χ3v) is 3.35. The Balaban J connectivity index is 2.62. The van der Waals surface area contributed by atoms with Crippen molar-refractivity contribution in [2.24, 2.45) is 0 Å². The molecule has 2 aromatic carbocycles. The van der Waals surface area contributed by atoms with Gasteiger partial charge in [-0.1, -0.05) is 39.7 Å². The van der Waals surface area contributed by atoms with Crippen molar-refractivity contribution in [1.82, 2.24) is 0 Å². The van der Waals surface area contributed by atoms with Crippen LogP contribution in [-0.2, 0) is 4.79 Å². The molecular formula is C15H10BrClO2. The summed E-state index contributed by atoms with van der Waals surface area (Å²) in [5.74, 6) is 0.108. The van der Waals surface area contributed by atoms with Crippen LogP contribution in [0.5, 0.6) is 5.75 Å². The van der Waals surface area contributed by atoms with Gasteiger partial charge in [-0.3, -0.25) is 4.79 Å². The monoisotopic (exact) mass is 336 g/mol. The number of aromatic hydroxyl groups is 1. The molecule has 4 heteroatoms. The van der Waals surface area contributed by atoms with Crippen molar-refractivity contribution in [3.8, 4) is 5.75 Å². The second-order valence-electron chi connectivity index (χ2n) is 3.89. The van der Waals surface area contributed by atoms with Crippen LogP contribution in [0.2, 0.25) is 5.02 Å². The summed E-state index contributed by atoms with van der Waals surface area (Å²) in [5, 5.41) is 10.5. The Hall–Kier alpha value is -1.58. The molecule has 0 fully saturated rings. The number of rotatable bonds is 3. The third kappa shape index (κ3) is 3.25. The zero-order chi connectivity index (χ0) is 13.8. The van der Waals surface area contributed by atoms with Crippen molar-refractivity contribution in [2.45, 2.75) is 0 Å². The first-order chi connectivity index (χ1) is 9.11. The third-order valence-electron chi connectivity index (χ3n) is 2.62. The van der Waals surface area contributed by atoms with E-state index in [-0.39, 0.29) is 5.75 Å². The Morgan fingerprint density at radius 1 is 1.21 bits per heavy atom. The van der Waals surface area contributed by atoms with E-state index >= 15 is 0 Å². The van der Waals surface area contributed by atoms with Gasteiger partial charge in [-0.2, -0.15) is 0 Å². The van der Waals surface area contributed by atoms with Crippen LogP contribution in [0.3, 0.4) is 0 Å². The molecule has 0 aliphatic heterocycles. The number of halogens is 2. The second-order valence-corrected chi connectivity index (χ2v) is 5.24. The molecule has 96 valence electrons. The molecule has 1 N–H and O–H groups in total. The van der Waals surface area contributed by atoms with Gasteiger partial charge in [-0.25, -0.2) is 0 Å². The van der Waals surface area contributed by atoms with Crippen molar-refractivity contribution in [1.29, 1.82) is 0 Å². The standard InChI is InChI=1S/C15H10BrClO2/c16-11-4-5-15(19)14(9-11)13(6-7-18)10-2-1-3-12(17)8-10/h1-9,19H. The van der Waals surface area contributed by atoms with Crippen LogP contribution in [0.25, 0.3) is 5.57 Å². The summed E-state index contributed by atoms with van der Waals surface area (Å²) in [6, 6.07) is 12.2. The fraction of sp³-hybridized carbons (Fsp3) is 0. The molecule has 0 aromatic heterocycles. The Morgan fingerprint density at radius 3 is 2.68 bits per heavy atom. The van der Waals surface area contributed by atoms with Gasteiger partial charge in [0.15, 0.2) is 0 Å². The quantitative estimate of drug-likeness (QED) is 0.664. The lowest BCUT2D eigenvalue weighted by molar-refractivity contribution is -0.104. The first-order valence-electron chi connectivity index (χ1n) is 5.52. The van der Waals surface area contributed by atoms with Gasteiger partial charge in [0.1, 0.15) is 12.0 Å². The Bertz CT molecular complexity index is 650. The molecule has 0 bridgehead atoms. The van der Waals surface area contributed by atoms with E-state index in [0.717, 1.165) is 10.0 Å². The number of hydrogen-bond acceptors (Lipinski definition) is 2. The van der Waals surface area contributed by atoms with Crippen LogP contribution >= 0.6 is 27.5 Å². The van der Waals surface area contributed by atoms with E-state index in [1.54, 1.807) is 36.4 Å². The molecule has 0 aliphatic rings. The van der Waals surface area contributed by atoms with E-state index in [0.29, 0.717) is 22.4 Å². The summed E-state index contributed by atoms with van der Waals surface area (Å²) < 4.78 is 0.819. The van der Waals surface area contributed by atoms with Gasteiger partial charge in [-0.05, 0) is 47.5 Å². The Morgan fingerprint density at radius 2 is 2.00 bits per heavy atom. The van der Waals surface area contributed by atoms with Gasteiger partial charge in [0.2, 0.25) is 0 Å². The van der Waals surface area contributed by atoms with E-state index < -0.39 is 0 Å². The van der Waals surface area contributed by atoms with Crippen LogP contribution < -0.4 is 0 Å². The molecule has 2 nitrogen and oxygen atoms in total. The first kappa shape index (κ1) is 13.8. The molecule has 2 rings (SSSR count). The molecule has 0 atom stereocenters. The van der Waals surface area contributed by atoms with E-state index in [1.807, 2.05) is 6.07 Å². The summed E-state index contributed by atoms with van der Waals surface area (Å²) in [6.45, 7) is 0. The maximum atomic E-state index is 10.8. The number of carbonyl (C=O) groups excluding carboxylic acids is 1. The van der Waals surface area contributed by atoms with Crippen molar-refractivity contribution in [2.75, 3.05) is 0 Å². The number of hydrogen-bond donors (Lipinski definition) is 1. The molecule has 0 aliphatic carbocycles. The maximum absolute atomic E-state index is 10.8. The number of aldehydes is 1. The molecule has 0 unspecified atom stereocenters. The van der Waals surface area contributed by atoms with Gasteiger partial charge in [0, 0.05) is 15.1 Å². The number of allylic oxidation sites excluding steroid dienone is 1. The zero-order valence-electron chi connectivity index (χ0n) is 9.81. The van der Waals surface area contributed by atoms with Gasteiger partial charge < -0.3 is 5.11 Å². The molecule has 0 saturated carbocycles. The van der Waals surface area contributed by atoms with Crippen molar-refractivity contribution in [3.63, 3.8) is 0 Å². The van der Waals surface area contributed by atoms with Gasteiger partial charge in [0.05, 0.1) is 0 Å². The Kier molecular flexibility index (Phi) is 4.40. The molecule has 0 saturated heterocycles. The number of phenolic OH excluding ortho intramolecular Hbond substituents is 1. The van der Waals surface area contributed by atoms with E-state index in [1.165, 1.54) is 6.08 Å². The van der Waals surface area contributed by atoms with Crippen LogP contribution in [0.4, 0.5) is 0 Å². The van der Waals surface area contributed by atoms with Crippen LogP contribution in [0, 0.1) is 0 Å². The number of phenols is 1. The zero-order valence-corrected chi connectivity index (χ0v) is 12.1. The summed E-state index contributed by atoms with van der Waals surface area (Å²) in [4.78, 5) is 10.8. The lowest BCUT2D eigenvalue weighted by atomic mass is 9.97. The fourth-order valence-corrected chi connectivity index (χ4v) is 2.34. The summed E-state index contributed by atoms with van der Waals surface area (Å²) in [7, 11) is 0. The highest BCUT2D eigenvalue weighted by Gasteiger charge is 2.10. The lowest BCUT2D eigenvalue weighted by Gasteiger charge is -2.10. The van der Waals surface area contributed by atoms with Crippen LogP contribution in [0.15, 0.2) is 53.0 Å². The SMILES string of the molecule is O=CC=C(c1cccc(Cl)c1)c1cc(Br)ccc1O. The summed E-state index contributed by atoms with van der Waals surface area (Å²) in [6.07, 6.45) is 2.10. The highest BCUT2D eigenvalue weighted by atomic mass is 79.9. The van der Waals surface area contributed by atoms with Gasteiger partial charge in [-0.15, -0.1) is 0 Å². The van der Waals surface area contributed by atoms with Gasteiger partial charge >= 0.3 is 0 Å². The molecule has 2 aromatic rings. The topological polar surface area (TPSA) is 37.3 Å². The second kappa shape index (κ2) is 6.04. The van der Waals surface area contributed by atoms with E-state index in [2.05, 4.69) is 15.9 Å². The van der Waals surface area contributed by atoms with Crippen molar-refractivity contribution in [3.05, 3.63) is 69.2 Å². The number of carbonyl (C=O) groups is 1. The predicted octanol–water partition coefficient (Wildman–Crippen LogP) is 4.44. The average molecular weight is 338 g/mol. The Labute approximate surface area is 124 Å². The minimum Gasteiger partial charge on any atom is -0.507 e. The van der Waals surface area contributed by atoms with Crippen molar-refractivity contribution >= 4 is 39.4 Å². The molecule has 19 heavy (non-hydrogen) atoms. The molecular weight excluding hydrogens is 328 g/mol. The normalized spacial score (nSPS) is 11.4. The van der Waals surface area contributed by atoms with E-state index in [9.17, 15) is 9.90 Å². The molecule has 0 amide bonds. The molecule has 0 spiro atoms. The van der Waals surface area contributed by atoms with E-state index in [4.69, 9.17) is 11.6 Å². The smallest absolute Gasteiger partial charge is 0.143 e. The summed E-state index contributed by atoms with van der Waals surface area (Å²) in [5.41, 5.74) is 1.97. The molecule has 0 heterocycles. The minimum atomic E-state index is 0.108. The molecule has 0 radical (unpaired) electrons. The average Bonchev–Trinajstić information content (AvgIpc) is 2.39. The van der Waals surface area contributed by atoms with Crippen molar-refractivity contribution < 1.29 is 9.90 Å². The minimum absolute atomic E-state index is 0.108. The number of benzene rings is 2. The largest absolute Gasteiger partial charge is 0.507 e. The summed E-state index contributed by atoms with van der Waals surface area (Å²) >= 11 is 9.31. The highest BCUT2D eigenvalue weighted by molar-refractivity contribution is 9.10.